The number of aliphatic hydroxyl groups excluding tert-OH is 1. The first kappa shape index (κ1) is 123. The van der Waals surface area contributed by atoms with Crippen LogP contribution in [0, 0.1) is 0 Å². The molecule has 142 heavy (non-hydrogen) atoms. The summed E-state index contributed by atoms with van der Waals surface area (Å²) in [5.41, 5.74) is 15.3. The fourth-order valence-corrected chi connectivity index (χ4v) is 16.9. The Balaban J connectivity index is 0.000000289. The predicted octanol–water partition coefficient (Wildman–Crippen LogP) is 17.9. The number of thioether (sulfide) groups is 1. The molecule has 0 fully saturated rings. The van der Waals surface area contributed by atoms with Gasteiger partial charge in [0.05, 0.1) is 57.6 Å². The van der Waals surface area contributed by atoms with E-state index in [9.17, 15) is 33.9 Å². The van der Waals surface area contributed by atoms with E-state index in [4.69, 9.17) is 89.6 Å². The number of carbonyl (C=O) groups is 6. The van der Waals surface area contributed by atoms with Crippen LogP contribution in [0.1, 0.15) is 107 Å². The monoisotopic (exact) mass is 2180 g/mol. The number of rotatable bonds is 24. The number of hydrogen-bond donors (Lipinski definition) is 4. The summed E-state index contributed by atoms with van der Waals surface area (Å²) >= 11 is 46.5. The van der Waals surface area contributed by atoms with Gasteiger partial charge in [-0.1, -0.05) is 277 Å². The molecule has 739 valence electrons. The van der Waals surface area contributed by atoms with Crippen molar-refractivity contribution in [2.45, 2.75) is 76.2 Å². The molecule has 12 aromatic carbocycles. The maximum Gasteiger partial charge on any atom is 1.00 e. The van der Waals surface area contributed by atoms with Crippen molar-refractivity contribution in [2.75, 3.05) is 115 Å². The third-order valence-corrected chi connectivity index (χ3v) is 23.6. The van der Waals surface area contributed by atoms with Gasteiger partial charge >= 0.3 is 73.4 Å². The van der Waals surface area contributed by atoms with Crippen molar-refractivity contribution in [1.82, 2.24) is 14.7 Å². The Hall–Kier alpha value is -7.62. The summed E-state index contributed by atoms with van der Waals surface area (Å²) in [6.45, 7) is 8.81. The van der Waals surface area contributed by atoms with E-state index in [1.54, 1.807) is 114 Å². The molecule has 0 spiro atoms. The fourth-order valence-electron chi connectivity index (χ4n) is 15.0. The van der Waals surface area contributed by atoms with Gasteiger partial charge in [-0.05, 0) is 182 Å². The molecule has 0 saturated heterocycles. The molecule has 15 rings (SSSR count). The zero-order chi connectivity index (χ0) is 101. The second-order valence-electron chi connectivity index (χ2n) is 31.0. The molecular weight excluding hydrogens is 2080 g/mol. The van der Waals surface area contributed by atoms with E-state index in [-0.39, 0.29) is 137 Å². The second-order valence-corrected chi connectivity index (χ2v) is 39.0. The second kappa shape index (κ2) is 62.5. The molecule has 0 aromatic heterocycles. The molecule has 3 atom stereocenters. The van der Waals surface area contributed by atoms with E-state index in [0.29, 0.717) is 107 Å². The maximum absolute atomic E-state index is 13.9. The van der Waals surface area contributed by atoms with E-state index in [2.05, 4.69) is 116 Å². The molecule has 6 amide bonds. The Labute approximate surface area is 929 Å². The van der Waals surface area contributed by atoms with Gasteiger partial charge in [0, 0.05) is 142 Å². The number of alkyl halides is 4. The van der Waals surface area contributed by atoms with Crippen molar-refractivity contribution < 1.29 is 131 Å². The van der Waals surface area contributed by atoms with Crippen molar-refractivity contribution in [1.29, 1.82) is 0 Å². The van der Waals surface area contributed by atoms with Gasteiger partial charge < -0.3 is 61.2 Å². The van der Waals surface area contributed by atoms with Crippen molar-refractivity contribution in [3.8, 4) is 33.4 Å². The largest absolute Gasteiger partial charge is 1.00 e. The average molecular weight is 2180 g/mol. The van der Waals surface area contributed by atoms with Crippen LogP contribution in [0.5, 0.6) is 0 Å². The average Bonchev–Trinajstić information content (AvgIpc) is 1.57. The van der Waals surface area contributed by atoms with Crippen LogP contribution >= 0.6 is 114 Å². The molecular formula is C103H106BCl9N9Na2O15S3. The minimum Gasteiger partial charge on any atom is -0.796 e. The molecule has 3 radical (unpaired) electrons. The number of nitrogens with one attached hydrogen (secondary N) is 3. The Morgan fingerprint density at radius 3 is 0.993 bits per heavy atom. The number of nitrogens with zero attached hydrogens (tertiary/aromatic N) is 6. The van der Waals surface area contributed by atoms with Gasteiger partial charge in [0.1, 0.15) is 0 Å². The molecule has 12 aromatic rings. The number of likely N-dealkylation sites (N-methyl/N-ethyl adjacent to an activating group) is 3. The van der Waals surface area contributed by atoms with Crippen LogP contribution in [0.2, 0.25) is 15.1 Å². The Morgan fingerprint density at radius 1 is 0.444 bits per heavy atom. The van der Waals surface area contributed by atoms with E-state index in [1.165, 1.54) is 6.92 Å². The topological polar surface area (TPSA) is 268 Å². The molecule has 0 aliphatic carbocycles. The first-order valence-electron chi connectivity index (χ1n) is 43.1. The van der Waals surface area contributed by atoms with Crippen LogP contribution < -0.4 is 89.8 Å². The van der Waals surface area contributed by atoms with E-state index in [0.717, 1.165) is 79.4 Å². The van der Waals surface area contributed by atoms with Crippen LogP contribution in [0.4, 0.5) is 34.1 Å². The van der Waals surface area contributed by atoms with Crippen molar-refractivity contribution in [3.63, 3.8) is 0 Å². The molecule has 4 N–H and O–H groups in total. The first-order valence-corrected chi connectivity index (χ1v) is 51.5. The SMILES string of the molecule is C.CN1Cc2ccccc2N(C(=O)c2ccc(NC(=O)c3ccccc3-c3ccccc3)cc2Cl)C[C@H]1CCl.CN1Cc2ccccc2N(C(=O)c2ccc(NC(=O)c3ccccc3-c3ccccc3)cc2Cl)C[C@H]1CO.CSC[C@@H]1CN(C(=O)c2ccc(NC(=O)c3ccccc3-c3ccccc3)cc2Cl)c2ccccc2CN1C.C[S-].ClC(Cl)Cl.O=S(=O)(Cl)Cl.[B-]OOC(C)(OOCC)OOCC.[Na+].[Na+]. The molecule has 3 aliphatic heterocycles. The number of amides is 6. The van der Waals surface area contributed by atoms with Crippen molar-refractivity contribution in [2.24, 2.45) is 0 Å². The van der Waals surface area contributed by atoms with Gasteiger partial charge in [0.15, 0.2) is 4.30 Å². The molecule has 3 heterocycles. The Kier molecular flexibility index (Phi) is 54.2. The molecule has 24 nitrogen and oxygen atoms in total. The number of fused-ring (bicyclic) bond motifs is 3. The number of anilines is 6. The quantitative estimate of drug-likeness (QED) is 0.00833. The van der Waals surface area contributed by atoms with Gasteiger partial charge in [-0.2, -0.15) is 36.2 Å². The number of para-hydroxylation sites is 3. The van der Waals surface area contributed by atoms with E-state index < -0.39 is 18.5 Å². The maximum atomic E-state index is 13.9. The molecule has 3 aliphatic rings. The minimum atomic E-state index is -3.72. The normalized spacial score (nSPS) is 14.3. The molecule has 39 heteroatoms. The number of halogens is 9. The Bertz CT molecular complexity index is 5960. The fraction of sp³-hybridized carbons (Fsp3) is 0.243. The van der Waals surface area contributed by atoms with Gasteiger partial charge in [-0.25, -0.2) is 14.7 Å². The summed E-state index contributed by atoms with van der Waals surface area (Å²) in [5.74, 6) is -1.71. The summed E-state index contributed by atoms with van der Waals surface area (Å²) < 4.78 is 17.6. The number of carbonyl (C=O) groups excluding carboxylic acids is 6. The number of hydrogen-bond acceptors (Lipinski definition) is 20. The molecule has 0 saturated carbocycles. The molecule has 0 unspecified atom stereocenters. The van der Waals surface area contributed by atoms with E-state index >= 15 is 0 Å². The van der Waals surface area contributed by atoms with Crippen LogP contribution in [0.25, 0.3) is 33.4 Å². The summed E-state index contributed by atoms with van der Waals surface area (Å²) in [5, 5.41) is 19.5. The summed E-state index contributed by atoms with van der Waals surface area (Å²) in [6, 6.07) is 90.2. The summed E-state index contributed by atoms with van der Waals surface area (Å²) in [4.78, 5) is 120. The van der Waals surface area contributed by atoms with Gasteiger partial charge in [0.25, 0.3) is 35.4 Å². The van der Waals surface area contributed by atoms with Gasteiger partial charge in [-0.3, -0.25) is 43.5 Å². The summed E-state index contributed by atoms with van der Waals surface area (Å²) in [6.07, 6.45) is 3.67. The number of benzene rings is 12. The van der Waals surface area contributed by atoms with Gasteiger partial charge in [-0.15, -0.1) is 11.6 Å². The predicted molar refractivity (Wildman–Crippen MR) is 574 cm³/mol. The standard InChI is InChI=1S/C32H30ClN3O2S.C31H27Cl2N3O2.C31H28ClN3O3.C6H13BO6.CHCl3.CH4S.CH4.Cl2O2S.2Na/c1-35-19-23-12-6-9-15-30(23)36(20-25(35)21-39-2)32(38)28-17-16-24(18-29(28)33)34-31(37)27-14-8-7-13-26(27)22-10-4-3-5-11-22;1-35-19-22-11-5-8-14-29(22)36(20-24(35)18-32)31(38)27-16-15-23(17-28(27)33)34-30(37)26-13-7-6-12-25(26)21-9-3-2-4-10-21;1-34-18-22-11-5-8-14-29(22)35(19-24(34)20-36)31(38)27-16-15-23(17-28(27)32)33-30(37)26-13-7-6-12-25(26)21-9-3-2-4-10-21;1-4-8-10-6(3,12-13-7)11-9-5-2;2-1(3)4;1-2;;1-5(2,3)4;;/h3-18,25H,19-21H2,1-2H3,(H,34,37);2-17,24H,18-20H2,1H3,(H,34,37);2-17,24,36H,18-20H2,1H3,(H,33,37);4-5H2,1-3H3;1H;2H,1H3;1H4;;;/q;;;-1;;;;;2*+1/p-1/t25-;2*24-;;;;;;;/m010......./s1. The number of aliphatic hydroxyl groups is 1. The van der Waals surface area contributed by atoms with Crippen molar-refractivity contribution in [3.05, 3.63) is 356 Å². The van der Waals surface area contributed by atoms with Gasteiger partial charge in [0.2, 0.25) is 0 Å². The van der Waals surface area contributed by atoms with E-state index in [1.807, 2.05) is 236 Å². The van der Waals surface area contributed by atoms with Crippen LogP contribution in [0.3, 0.4) is 0 Å². The third-order valence-electron chi connectivity index (χ3n) is 21.6. The van der Waals surface area contributed by atoms with Crippen LogP contribution in [-0.2, 0) is 69.8 Å². The zero-order valence-corrected chi connectivity index (χ0v) is 92.1. The summed E-state index contributed by atoms with van der Waals surface area (Å²) in [7, 11) is 15.5. The zero-order valence-electron chi connectivity index (χ0n) is 78.9. The van der Waals surface area contributed by atoms with Crippen LogP contribution in [0.15, 0.2) is 291 Å². The first-order chi connectivity index (χ1) is 66.8. The minimum absolute atomic E-state index is 0. The van der Waals surface area contributed by atoms with Crippen molar-refractivity contribution >= 4 is 213 Å². The third kappa shape index (κ3) is 36.5. The molecule has 0 bridgehead atoms. The van der Waals surface area contributed by atoms with Crippen LogP contribution in [-0.4, -0.2) is 185 Å². The smallest absolute Gasteiger partial charge is 0.796 e. The Morgan fingerprint density at radius 2 is 0.711 bits per heavy atom.